The first-order valence-corrected chi connectivity index (χ1v) is 5.81. The van der Waals surface area contributed by atoms with Crippen LogP contribution in [-0.4, -0.2) is 14.8 Å². The molecular formula is C12H15N3S. The summed E-state index contributed by atoms with van der Waals surface area (Å²) < 4.78 is 2.75. The fourth-order valence-electron chi connectivity index (χ4n) is 1.74. The van der Waals surface area contributed by atoms with E-state index >= 15 is 0 Å². The van der Waals surface area contributed by atoms with Crippen LogP contribution in [0.5, 0.6) is 0 Å². The number of aromatic amines is 1. The quantitative estimate of drug-likeness (QED) is 0.827. The molecule has 16 heavy (non-hydrogen) atoms. The topological polar surface area (TPSA) is 33.6 Å². The molecule has 4 heteroatoms. The first kappa shape index (κ1) is 11.1. The molecule has 0 spiro atoms. The maximum atomic E-state index is 5.23. The van der Waals surface area contributed by atoms with Crippen LogP contribution in [0.2, 0.25) is 0 Å². The SMILES string of the molecule is CCc1n[nH]c(=S)n1Cc1ccccc1C. The lowest BCUT2D eigenvalue weighted by molar-refractivity contribution is 0.721. The van der Waals surface area contributed by atoms with Crippen molar-refractivity contribution in [2.24, 2.45) is 0 Å². The van der Waals surface area contributed by atoms with Crippen molar-refractivity contribution < 1.29 is 0 Å². The fourth-order valence-corrected chi connectivity index (χ4v) is 1.96. The van der Waals surface area contributed by atoms with Crippen molar-refractivity contribution in [1.29, 1.82) is 0 Å². The van der Waals surface area contributed by atoms with Gasteiger partial charge in [0.25, 0.3) is 0 Å². The zero-order valence-corrected chi connectivity index (χ0v) is 10.3. The maximum Gasteiger partial charge on any atom is 0.195 e. The molecule has 1 aromatic carbocycles. The van der Waals surface area contributed by atoms with Crippen LogP contribution < -0.4 is 0 Å². The van der Waals surface area contributed by atoms with Gasteiger partial charge in [-0.3, -0.25) is 9.67 Å². The fraction of sp³-hybridized carbons (Fsp3) is 0.333. The first-order valence-electron chi connectivity index (χ1n) is 5.41. The molecule has 0 saturated carbocycles. The molecule has 2 aromatic rings. The monoisotopic (exact) mass is 233 g/mol. The number of hydrogen-bond donors (Lipinski definition) is 1. The number of nitrogens with zero attached hydrogens (tertiary/aromatic N) is 2. The molecule has 1 aromatic heterocycles. The Morgan fingerprint density at radius 2 is 2.12 bits per heavy atom. The van der Waals surface area contributed by atoms with Gasteiger partial charge in [-0.25, -0.2) is 0 Å². The lowest BCUT2D eigenvalue weighted by atomic mass is 10.1. The average Bonchev–Trinajstić information content (AvgIpc) is 2.63. The van der Waals surface area contributed by atoms with Gasteiger partial charge in [0.05, 0.1) is 6.54 Å². The molecule has 3 nitrogen and oxygen atoms in total. The summed E-state index contributed by atoms with van der Waals surface area (Å²) in [5.74, 6) is 1.01. The molecule has 2 rings (SSSR count). The maximum absolute atomic E-state index is 5.23. The third kappa shape index (κ3) is 2.07. The Morgan fingerprint density at radius 1 is 1.38 bits per heavy atom. The van der Waals surface area contributed by atoms with Gasteiger partial charge in [0.15, 0.2) is 4.77 Å². The van der Waals surface area contributed by atoms with Gasteiger partial charge in [-0.05, 0) is 30.3 Å². The minimum absolute atomic E-state index is 0.695. The van der Waals surface area contributed by atoms with Gasteiger partial charge < -0.3 is 0 Å². The van der Waals surface area contributed by atoms with Crippen molar-refractivity contribution in [1.82, 2.24) is 14.8 Å². The van der Waals surface area contributed by atoms with Crippen LogP contribution in [0.4, 0.5) is 0 Å². The van der Waals surface area contributed by atoms with Crippen molar-refractivity contribution in [3.05, 3.63) is 46.0 Å². The van der Waals surface area contributed by atoms with Crippen molar-refractivity contribution >= 4 is 12.2 Å². The summed E-state index contributed by atoms with van der Waals surface area (Å²) in [7, 11) is 0. The highest BCUT2D eigenvalue weighted by Crippen LogP contribution is 2.10. The second-order valence-corrected chi connectivity index (χ2v) is 4.20. The number of aryl methyl sites for hydroxylation is 2. The van der Waals surface area contributed by atoms with Gasteiger partial charge in [-0.2, -0.15) is 5.10 Å². The Kier molecular flexibility index (Phi) is 3.19. The van der Waals surface area contributed by atoms with E-state index in [1.54, 1.807) is 0 Å². The highest BCUT2D eigenvalue weighted by molar-refractivity contribution is 7.71. The van der Waals surface area contributed by atoms with E-state index in [4.69, 9.17) is 12.2 Å². The van der Waals surface area contributed by atoms with Crippen molar-refractivity contribution in [2.45, 2.75) is 26.8 Å². The van der Waals surface area contributed by atoms with E-state index in [0.29, 0.717) is 4.77 Å². The van der Waals surface area contributed by atoms with Gasteiger partial charge in [0.2, 0.25) is 0 Å². The molecule has 0 saturated heterocycles. The Morgan fingerprint density at radius 3 is 2.81 bits per heavy atom. The standard InChI is InChI=1S/C12H15N3S/c1-3-11-13-14-12(16)15(11)8-10-7-5-4-6-9(10)2/h4-7H,3,8H2,1-2H3,(H,14,16). The number of aromatic nitrogens is 3. The Labute approximate surface area is 100 Å². The zero-order chi connectivity index (χ0) is 11.5. The second-order valence-electron chi connectivity index (χ2n) is 3.81. The number of hydrogen-bond acceptors (Lipinski definition) is 2. The predicted octanol–water partition coefficient (Wildman–Crippen LogP) is 2.86. The van der Waals surface area contributed by atoms with Gasteiger partial charge in [0.1, 0.15) is 5.82 Å². The normalized spacial score (nSPS) is 10.6. The molecule has 84 valence electrons. The number of benzene rings is 1. The second kappa shape index (κ2) is 4.61. The van der Waals surface area contributed by atoms with E-state index < -0.39 is 0 Å². The molecular weight excluding hydrogens is 218 g/mol. The Bertz CT molecular complexity index is 539. The molecule has 0 atom stereocenters. The first-order chi connectivity index (χ1) is 7.72. The molecule has 0 unspecified atom stereocenters. The van der Waals surface area contributed by atoms with Crippen molar-refractivity contribution in [2.75, 3.05) is 0 Å². The van der Waals surface area contributed by atoms with Crippen LogP contribution in [0, 0.1) is 11.7 Å². The Hall–Kier alpha value is -1.42. The van der Waals surface area contributed by atoms with Gasteiger partial charge in [-0.1, -0.05) is 31.2 Å². The molecule has 1 heterocycles. The lowest BCUT2D eigenvalue weighted by Crippen LogP contribution is -2.05. The molecule has 0 aliphatic heterocycles. The summed E-state index contributed by atoms with van der Waals surface area (Å²) in [6, 6.07) is 8.35. The predicted molar refractivity (Wildman–Crippen MR) is 67.1 cm³/mol. The van der Waals surface area contributed by atoms with E-state index in [1.807, 2.05) is 6.07 Å². The van der Waals surface area contributed by atoms with Crippen molar-refractivity contribution in [3.8, 4) is 0 Å². The largest absolute Gasteiger partial charge is 0.300 e. The summed E-state index contributed by atoms with van der Waals surface area (Å²) in [6.45, 7) is 5.00. The summed E-state index contributed by atoms with van der Waals surface area (Å²) >= 11 is 5.23. The highest BCUT2D eigenvalue weighted by atomic mass is 32.1. The molecule has 0 radical (unpaired) electrons. The van der Waals surface area contributed by atoms with Crippen LogP contribution in [0.25, 0.3) is 0 Å². The van der Waals surface area contributed by atoms with Crippen LogP contribution >= 0.6 is 12.2 Å². The highest BCUT2D eigenvalue weighted by Gasteiger charge is 2.05. The third-order valence-electron chi connectivity index (χ3n) is 2.74. The van der Waals surface area contributed by atoms with E-state index in [1.165, 1.54) is 11.1 Å². The summed E-state index contributed by atoms with van der Waals surface area (Å²) in [5.41, 5.74) is 2.57. The average molecular weight is 233 g/mol. The molecule has 0 aliphatic carbocycles. The van der Waals surface area contributed by atoms with Gasteiger partial charge >= 0.3 is 0 Å². The van der Waals surface area contributed by atoms with Gasteiger partial charge in [0, 0.05) is 6.42 Å². The van der Waals surface area contributed by atoms with E-state index in [0.717, 1.165) is 18.8 Å². The molecule has 0 aliphatic rings. The third-order valence-corrected chi connectivity index (χ3v) is 3.05. The number of nitrogens with one attached hydrogen (secondary N) is 1. The summed E-state index contributed by atoms with van der Waals surface area (Å²) in [6.07, 6.45) is 0.888. The molecule has 0 amide bonds. The minimum Gasteiger partial charge on any atom is -0.300 e. The van der Waals surface area contributed by atoms with Gasteiger partial charge in [-0.15, -0.1) is 0 Å². The lowest BCUT2D eigenvalue weighted by Gasteiger charge is -2.08. The smallest absolute Gasteiger partial charge is 0.195 e. The summed E-state index contributed by atoms with van der Waals surface area (Å²) in [5, 5.41) is 7.05. The summed E-state index contributed by atoms with van der Waals surface area (Å²) in [4.78, 5) is 0. The number of rotatable bonds is 3. The van der Waals surface area contributed by atoms with Crippen LogP contribution in [0.3, 0.4) is 0 Å². The zero-order valence-electron chi connectivity index (χ0n) is 9.53. The van der Waals surface area contributed by atoms with Crippen LogP contribution in [0.15, 0.2) is 24.3 Å². The molecule has 0 fully saturated rings. The number of H-pyrrole nitrogens is 1. The minimum atomic E-state index is 0.695. The van der Waals surface area contributed by atoms with E-state index in [-0.39, 0.29) is 0 Å². The van der Waals surface area contributed by atoms with E-state index in [9.17, 15) is 0 Å². The molecule has 0 bridgehead atoms. The molecule has 1 N–H and O–H groups in total. The van der Waals surface area contributed by atoms with Crippen molar-refractivity contribution in [3.63, 3.8) is 0 Å². The van der Waals surface area contributed by atoms with Crippen LogP contribution in [0.1, 0.15) is 23.9 Å². The Balaban J connectivity index is 2.37. The van der Waals surface area contributed by atoms with Crippen LogP contribution in [-0.2, 0) is 13.0 Å². The van der Waals surface area contributed by atoms with E-state index in [2.05, 4.69) is 46.8 Å².